The second-order valence-corrected chi connectivity index (χ2v) is 17.7. The quantitative estimate of drug-likeness (QED) is 0.0200. The van der Waals surface area contributed by atoms with Crippen molar-refractivity contribution in [3.05, 3.63) is 36.5 Å². The van der Waals surface area contributed by atoms with Gasteiger partial charge in [-0.05, 0) is 70.6 Å². The van der Waals surface area contributed by atoms with Gasteiger partial charge in [0.25, 0.3) is 0 Å². The van der Waals surface area contributed by atoms with Gasteiger partial charge in [-0.3, -0.25) is 18.6 Å². The number of nitrogens with one attached hydrogen (secondary N) is 1. The van der Waals surface area contributed by atoms with Crippen LogP contribution in [0.15, 0.2) is 36.5 Å². The second kappa shape index (κ2) is 43.4. The number of hydrogen-bond acceptors (Lipinski definition) is 8. The summed E-state index contributed by atoms with van der Waals surface area (Å²) in [7, 11) is -4.76. The first-order valence-electron chi connectivity index (χ1n) is 24.0. The molecule has 0 saturated carbocycles. The molecule has 0 aliphatic heterocycles. The van der Waals surface area contributed by atoms with Crippen LogP contribution in [0.1, 0.15) is 219 Å². The van der Waals surface area contributed by atoms with Crippen molar-refractivity contribution in [1.82, 2.24) is 5.32 Å². The SMILES string of the molecule is CCCCC/C=C\C/C=C\CCCCCCCC(=O)NC(COP(=O)(O)OCC(O)COC(=O)CCCCCCCCCCCCC/C=C/CCCCCCCC)C(=O)O. The molecule has 0 saturated heterocycles. The first-order chi connectivity index (χ1) is 29.1. The van der Waals surface area contributed by atoms with Crippen molar-refractivity contribution in [1.29, 1.82) is 0 Å². The number of carboxylic acid groups (broad SMARTS) is 1. The van der Waals surface area contributed by atoms with Crippen molar-refractivity contribution in [3.8, 4) is 0 Å². The van der Waals surface area contributed by atoms with Crippen LogP contribution in [0.3, 0.4) is 0 Å². The van der Waals surface area contributed by atoms with E-state index in [1.807, 2.05) is 0 Å². The Morgan fingerprint density at radius 2 is 0.917 bits per heavy atom. The molecule has 0 spiro atoms. The van der Waals surface area contributed by atoms with Crippen molar-refractivity contribution in [3.63, 3.8) is 0 Å². The number of carbonyl (C=O) groups excluding carboxylic acids is 2. The number of rotatable bonds is 45. The molecule has 350 valence electrons. The lowest BCUT2D eigenvalue weighted by Crippen LogP contribution is -2.43. The summed E-state index contributed by atoms with van der Waals surface area (Å²) in [6.45, 7) is 2.57. The Labute approximate surface area is 365 Å². The lowest BCUT2D eigenvalue weighted by atomic mass is 10.0. The molecule has 0 bridgehead atoms. The minimum absolute atomic E-state index is 0.130. The fourth-order valence-corrected chi connectivity index (χ4v) is 7.41. The number of unbranched alkanes of at least 4 members (excludes halogenated alkanes) is 25. The Kier molecular flexibility index (Phi) is 41.7. The smallest absolute Gasteiger partial charge is 0.472 e. The Hall–Kier alpha value is -2.30. The fraction of sp³-hybridized carbons (Fsp3) is 0.812. The van der Waals surface area contributed by atoms with Crippen molar-refractivity contribution >= 4 is 25.7 Å². The van der Waals surface area contributed by atoms with Crippen LogP contribution in [0.25, 0.3) is 0 Å². The molecule has 11 nitrogen and oxygen atoms in total. The van der Waals surface area contributed by atoms with E-state index in [0.717, 1.165) is 64.2 Å². The number of phosphoric acid groups is 1. The maximum Gasteiger partial charge on any atom is 0.472 e. The van der Waals surface area contributed by atoms with E-state index in [9.17, 15) is 34.1 Å². The number of hydrogen-bond donors (Lipinski definition) is 4. The van der Waals surface area contributed by atoms with E-state index in [4.69, 9.17) is 13.8 Å². The normalized spacial score (nSPS) is 13.9. The van der Waals surface area contributed by atoms with Crippen LogP contribution in [0, 0.1) is 0 Å². The maximum absolute atomic E-state index is 12.3. The molecule has 4 N–H and O–H groups in total. The first kappa shape index (κ1) is 57.7. The Morgan fingerprint density at radius 1 is 0.533 bits per heavy atom. The predicted octanol–water partition coefficient (Wildman–Crippen LogP) is 12.8. The fourth-order valence-electron chi connectivity index (χ4n) is 6.63. The molecule has 12 heteroatoms. The highest BCUT2D eigenvalue weighted by Crippen LogP contribution is 2.43. The van der Waals surface area contributed by atoms with Crippen LogP contribution in [0.5, 0.6) is 0 Å². The standard InChI is InChI=1S/C48H88NO10P/c1-3-5-7-9-11-13-15-17-19-20-21-22-23-24-26-28-30-32-34-36-38-40-47(52)57-41-44(50)42-58-60(55,56)59-43-45(48(53)54)49-46(51)39-37-35-33-31-29-27-25-18-16-14-12-10-8-6-4-2/h12,14,17-19,25,44-45,50H,3-11,13,15-16,20-24,26-43H2,1-2H3,(H,49,51)(H,53,54)(H,55,56)/b14-12-,19-17+,25-18-. The summed E-state index contributed by atoms with van der Waals surface area (Å²) in [5, 5.41) is 21.9. The van der Waals surface area contributed by atoms with E-state index in [2.05, 4.69) is 55.6 Å². The molecule has 0 heterocycles. The number of phosphoric ester groups is 1. The van der Waals surface area contributed by atoms with E-state index in [-0.39, 0.29) is 12.8 Å². The number of aliphatic hydroxyl groups is 1. The average molecular weight is 870 g/mol. The van der Waals surface area contributed by atoms with Gasteiger partial charge in [0.05, 0.1) is 13.2 Å². The number of aliphatic carboxylic acids is 1. The summed E-state index contributed by atoms with van der Waals surface area (Å²) < 4.78 is 26.9. The molecule has 0 fully saturated rings. The summed E-state index contributed by atoms with van der Waals surface area (Å²) in [5.74, 6) is -2.39. The van der Waals surface area contributed by atoms with E-state index >= 15 is 0 Å². The number of allylic oxidation sites excluding steroid dienone is 6. The van der Waals surface area contributed by atoms with Crippen molar-refractivity contribution in [2.45, 2.75) is 231 Å². The largest absolute Gasteiger partial charge is 0.480 e. The monoisotopic (exact) mass is 870 g/mol. The van der Waals surface area contributed by atoms with Gasteiger partial charge in [-0.15, -0.1) is 0 Å². The third-order valence-corrected chi connectivity index (χ3v) is 11.4. The lowest BCUT2D eigenvalue weighted by Gasteiger charge is -2.18. The van der Waals surface area contributed by atoms with Crippen molar-refractivity contribution in [2.75, 3.05) is 19.8 Å². The van der Waals surface area contributed by atoms with Gasteiger partial charge in [0.15, 0.2) is 6.04 Å². The topological polar surface area (TPSA) is 169 Å². The first-order valence-corrected chi connectivity index (χ1v) is 25.5. The van der Waals surface area contributed by atoms with E-state index in [0.29, 0.717) is 12.8 Å². The second-order valence-electron chi connectivity index (χ2n) is 16.3. The summed E-state index contributed by atoms with van der Waals surface area (Å²) >= 11 is 0. The van der Waals surface area contributed by atoms with Gasteiger partial charge in [0, 0.05) is 12.8 Å². The number of ether oxygens (including phenoxy) is 1. The average Bonchev–Trinajstić information content (AvgIpc) is 3.22. The summed E-state index contributed by atoms with van der Waals surface area (Å²) in [6, 6.07) is -1.55. The van der Waals surface area contributed by atoms with Gasteiger partial charge >= 0.3 is 19.8 Å². The molecule has 0 aromatic carbocycles. The highest BCUT2D eigenvalue weighted by Gasteiger charge is 2.28. The van der Waals surface area contributed by atoms with E-state index in [1.165, 1.54) is 116 Å². The Balaban J connectivity index is 3.84. The number of esters is 1. The zero-order chi connectivity index (χ0) is 44.2. The molecular formula is C48H88NO10P. The van der Waals surface area contributed by atoms with Gasteiger partial charge in [-0.1, -0.05) is 172 Å². The summed E-state index contributed by atoms with van der Waals surface area (Å²) in [5.41, 5.74) is 0. The van der Waals surface area contributed by atoms with Crippen molar-refractivity contribution < 1.29 is 47.8 Å². The maximum atomic E-state index is 12.3. The molecule has 0 aliphatic rings. The number of aliphatic hydroxyl groups excluding tert-OH is 1. The minimum Gasteiger partial charge on any atom is -0.480 e. The zero-order valence-corrected chi connectivity index (χ0v) is 38.9. The van der Waals surface area contributed by atoms with E-state index < -0.39 is 57.6 Å². The zero-order valence-electron chi connectivity index (χ0n) is 38.0. The van der Waals surface area contributed by atoms with Crippen molar-refractivity contribution in [2.24, 2.45) is 0 Å². The molecular weight excluding hydrogens is 781 g/mol. The van der Waals surface area contributed by atoms with Gasteiger partial charge in [-0.25, -0.2) is 9.36 Å². The van der Waals surface area contributed by atoms with Crippen LogP contribution in [0.2, 0.25) is 0 Å². The molecule has 60 heavy (non-hydrogen) atoms. The molecule has 3 atom stereocenters. The van der Waals surface area contributed by atoms with Gasteiger partial charge in [0.1, 0.15) is 12.7 Å². The van der Waals surface area contributed by atoms with E-state index in [1.54, 1.807) is 0 Å². The summed E-state index contributed by atoms with van der Waals surface area (Å²) in [4.78, 5) is 46.0. The number of carbonyl (C=O) groups is 3. The summed E-state index contributed by atoms with van der Waals surface area (Å²) in [6.07, 6.45) is 47.4. The molecule has 0 aromatic heterocycles. The van der Waals surface area contributed by atoms with Gasteiger partial charge < -0.3 is 25.2 Å². The van der Waals surface area contributed by atoms with Crippen LogP contribution in [-0.2, 0) is 32.7 Å². The third-order valence-electron chi connectivity index (χ3n) is 10.4. The Morgan fingerprint density at radius 3 is 1.40 bits per heavy atom. The number of carboxylic acids is 1. The van der Waals surface area contributed by atoms with Gasteiger partial charge in [-0.2, -0.15) is 0 Å². The van der Waals surface area contributed by atoms with Crippen LogP contribution >= 0.6 is 7.82 Å². The molecule has 1 amide bonds. The minimum atomic E-state index is -4.76. The molecule has 0 aliphatic carbocycles. The van der Waals surface area contributed by atoms with Gasteiger partial charge in [0.2, 0.25) is 5.91 Å². The van der Waals surface area contributed by atoms with Crippen LogP contribution in [0.4, 0.5) is 0 Å². The highest BCUT2D eigenvalue weighted by molar-refractivity contribution is 7.47. The molecule has 0 aromatic rings. The Bertz CT molecular complexity index is 1160. The molecule has 0 radical (unpaired) electrons. The predicted molar refractivity (Wildman–Crippen MR) is 245 cm³/mol. The molecule has 3 unspecified atom stereocenters. The lowest BCUT2D eigenvalue weighted by molar-refractivity contribution is -0.147. The highest BCUT2D eigenvalue weighted by atomic mass is 31.2. The molecule has 0 rings (SSSR count). The number of amides is 1. The van der Waals surface area contributed by atoms with Crippen LogP contribution in [-0.4, -0.2) is 64.9 Å². The van der Waals surface area contributed by atoms with Crippen LogP contribution < -0.4 is 5.32 Å². The third kappa shape index (κ3) is 42.4.